The monoisotopic (exact) mass is 655 g/mol. The van der Waals surface area contributed by atoms with Gasteiger partial charge in [-0.05, 0) is 61.3 Å². The summed E-state index contributed by atoms with van der Waals surface area (Å²) in [6, 6.07) is 19.4. The van der Waals surface area contributed by atoms with E-state index in [4.69, 9.17) is 4.74 Å². The highest BCUT2D eigenvalue weighted by molar-refractivity contribution is 5.92. The van der Waals surface area contributed by atoms with Gasteiger partial charge in [-0.2, -0.15) is 0 Å². The van der Waals surface area contributed by atoms with Gasteiger partial charge in [-0.25, -0.2) is 4.79 Å². The fraction of sp³-hybridized carbons (Fsp3) is 0.447. The molecule has 10 nitrogen and oxygen atoms in total. The van der Waals surface area contributed by atoms with E-state index >= 15 is 0 Å². The van der Waals surface area contributed by atoms with Crippen molar-refractivity contribution in [2.75, 3.05) is 6.54 Å². The molecule has 1 heterocycles. The fourth-order valence-electron chi connectivity index (χ4n) is 5.92. The number of nitrogens with zero attached hydrogens (tertiary/aromatic N) is 1. The molecule has 1 aliphatic rings. The lowest BCUT2D eigenvalue weighted by atomic mass is 9.84. The summed E-state index contributed by atoms with van der Waals surface area (Å²) in [6.45, 7) is 2.88. The van der Waals surface area contributed by atoms with Crippen LogP contribution in [0, 0.1) is 12.8 Å². The van der Waals surface area contributed by atoms with E-state index in [-0.39, 0.29) is 30.7 Å². The number of aryl methyl sites for hydroxylation is 1. The first-order valence-corrected chi connectivity index (χ1v) is 17.1. The number of amides is 4. The average Bonchev–Trinajstić information content (AvgIpc) is 3.10. The smallest absolute Gasteiger partial charge is 0.407 e. The Morgan fingerprint density at radius 1 is 0.792 bits per heavy atom. The first kappa shape index (κ1) is 36.1. The lowest BCUT2D eigenvalue weighted by molar-refractivity contribution is -0.132. The quantitative estimate of drug-likeness (QED) is 0.146. The minimum atomic E-state index is -0.808. The van der Waals surface area contributed by atoms with E-state index in [0.29, 0.717) is 44.7 Å². The van der Waals surface area contributed by atoms with Crippen LogP contribution in [-0.2, 0) is 38.7 Å². The Hall–Kier alpha value is -4.73. The molecule has 0 saturated heterocycles. The first-order valence-electron chi connectivity index (χ1n) is 17.1. The highest BCUT2D eigenvalue weighted by atomic mass is 16.5. The van der Waals surface area contributed by atoms with Crippen LogP contribution in [0.1, 0.15) is 80.0 Å². The van der Waals surface area contributed by atoms with E-state index in [9.17, 15) is 19.2 Å². The number of carbonyl (C=O) groups excluding carboxylic acids is 4. The summed E-state index contributed by atoms with van der Waals surface area (Å²) in [7, 11) is 0. The zero-order chi connectivity index (χ0) is 34.0. The molecule has 4 N–H and O–H groups in total. The Morgan fingerprint density at radius 3 is 2.27 bits per heavy atom. The molecule has 0 bridgehead atoms. The summed E-state index contributed by atoms with van der Waals surface area (Å²) in [5, 5.41) is 11.7. The summed E-state index contributed by atoms with van der Waals surface area (Å²) in [5.74, 6) is -0.588. The minimum absolute atomic E-state index is 0.115. The van der Waals surface area contributed by atoms with Crippen LogP contribution < -0.4 is 21.3 Å². The van der Waals surface area contributed by atoms with E-state index in [2.05, 4.69) is 26.3 Å². The van der Waals surface area contributed by atoms with Crippen LogP contribution in [-0.4, -0.2) is 47.4 Å². The molecule has 2 aromatic carbocycles. The number of aromatic nitrogens is 1. The van der Waals surface area contributed by atoms with Gasteiger partial charge in [-0.1, -0.05) is 98.3 Å². The second-order valence-corrected chi connectivity index (χ2v) is 12.6. The Morgan fingerprint density at radius 2 is 1.54 bits per heavy atom. The standard InChI is InChI=1S/C38H49N5O5/c1-28-17-19-30(20-18-28)26-41-36(45)33(16-8-9-22-40-38(47)48-27-31-13-6-3-7-14-31)43-37(46)34(23-29-11-4-2-5-12-29)42-35(44)24-32-15-10-21-39-25-32/h3,6-7,10,13-15,17-21,25,29,33-34H,2,4-5,8-9,11-12,16,22-24,26-27H2,1H3,(H,40,47)(H,41,45)(H,42,44)(H,43,46)/t33-,34-/m0/s1. The van der Waals surface area contributed by atoms with E-state index in [1.807, 2.05) is 67.6 Å². The zero-order valence-corrected chi connectivity index (χ0v) is 27.9. The van der Waals surface area contributed by atoms with Gasteiger partial charge in [0.15, 0.2) is 0 Å². The number of benzene rings is 2. The summed E-state index contributed by atoms with van der Waals surface area (Å²) in [6.07, 6.45) is 10.4. The van der Waals surface area contributed by atoms with Crippen molar-refractivity contribution < 1.29 is 23.9 Å². The largest absolute Gasteiger partial charge is 0.445 e. The summed E-state index contributed by atoms with van der Waals surface area (Å²) in [5.41, 5.74) is 3.74. The molecule has 4 amide bonds. The molecule has 0 spiro atoms. The Balaban J connectivity index is 1.35. The number of hydrogen-bond donors (Lipinski definition) is 4. The molecular formula is C38H49N5O5. The van der Waals surface area contributed by atoms with Crippen molar-refractivity contribution in [2.45, 2.75) is 96.4 Å². The number of carbonyl (C=O) groups is 4. The van der Waals surface area contributed by atoms with E-state index in [1.165, 1.54) is 6.42 Å². The van der Waals surface area contributed by atoms with Gasteiger partial charge in [-0.15, -0.1) is 0 Å². The Labute approximate surface area is 283 Å². The number of ether oxygens (including phenoxy) is 1. The zero-order valence-electron chi connectivity index (χ0n) is 27.9. The molecule has 1 aliphatic carbocycles. The van der Waals surface area contributed by atoms with Crippen LogP contribution in [0.15, 0.2) is 79.1 Å². The van der Waals surface area contributed by atoms with Gasteiger partial charge < -0.3 is 26.0 Å². The van der Waals surface area contributed by atoms with Crippen molar-refractivity contribution in [3.8, 4) is 0 Å². The maximum absolute atomic E-state index is 13.8. The molecule has 4 rings (SSSR count). The van der Waals surface area contributed by atoms with Gasteiger partial charge in [0.1, 0.15) is 18.7 Å². The summed E-state index contributed by atoms with van der Waals surface area (Å²) < 4.78 is 5.28. The topological polar surface area (TPSA) is 139 Å². The molecule has 1 fully saturated rings. The molecular weight excluding hydrogens is 606 g/mol. The van der Waals surface area contributed by atoms with Gasteiger partial charge in [-0.3, -0.25) is 19.4 Å². The predicted octanol–water partition coefficient (Wildman–Crippen LogP) is 5.29. The number of rotatable bonds is 17. The Bertz CT molecular complexity index is 1430. The number of pyridine rings is 1. The second kappa shape index (κ2) is 19.8. The van der Waals surface area contributed by atoms with Crippen LogP contribution >= 0.6 is 0 Å². The molecule has 3 aromatic rings. The highest BCUT2D eigenvalue weighted by Crippen LogP contribution is 2.27. The van der Waals surface area contributed by atoms with E-state index in [1.54, 1.807) is 18.5 Å². The van der Waals surface area contributed by atoms with Crippen LogP contribution in [0.25, 0.3) is 0 Å². The van der Waals surface area contributed by atoms with Gasteiger partial charge >= 0.3 is 6.09 Å². The predicted molar refractivity (Wildman–Crippen MR) is 185 cm³/mol. The molecule has 10 heteroatoms. The van der Waals surface area contributed by atoms with Crippen molar-refractivity contribution in [1.29, 1.82) is 0 Å². The summed E-state index contributed by atoms with van der Waals surface area (Å²) in [4.78, 5) is 56.6. The minimum Gasteiger partial charge on any atom is -0.445 e. The number of alkyl carbamates (subject to hydrolysis) is 1. The van der Waals surface area contributed by atoms with Crippen molar-refractivity contribution in [2.24, 2.45) is 5.92 Å². The second-order valence-electron chi connectivity index (χ2n) is 12.6. The van der Waals surface area contributed by atoms with Crippen LogP contribution in [0.5, 0.6) is 0 Å². The van der Waals surface area contributed by atoms with Crippen LogP contribution in [0.3, 0.4) is 0 Å². The fourth-order valence-corrected chi connectivity index (χ4v) is 5.92. The van der Waals surface area contributed by atoms with Crippen molar-refractivity contribution in [1.82, 2.24) is 26.3 Å². The van der Waals surface area contributed by atoms with Crippen LogP contribution in [0.4, 0.5) is 4.79 Å². The Kier molecular flexibility index (Phi) is 14.9. The number of nitrogens with one attached hydrogen (secondary N) is 4. The molecule has 48 heavy (non-hydrogen) atoms. The maximum Gasteiger partial charge on any atom is 0.407 e. The average molecular weight is 656 g/mol. The molecule has 2 atom stereocenters. The van der Waals surface area contributed by atoms with E-state index in [0.717, 1.165) is 47.9 Å². The lowest BCUT2D eigenvalue weighted by Gasteiger charge is -2.28. The first-order chi connectivity index (χ1) is 23.4. The summed E-state index contributed by atoms with van der Waals surface area (Å²) >= 11 is 0. The highest BCUT2D eigenvalue weighted by Gasteiger charge is 2.29. The van der Waals surface area contributed by atoms with Crippen molar-refractivity contribution >= 4 is 23.8 Å². The van der Waals surface area contributed by atoms with Gasteiger partial charge in [0.2, 0.25) is 17.7 Å². The van der Waals surface area contributed by atoms with E-state index < -0.39 is 18.2 Å². The van der Waals surface area contributed by atoms with Gasteiger partial charge in [0.05, 0.1) is 6.42 Å². The molecule has 0 unspecified atom stereocenters. The van der Waals surface area contributed by atoms with Crippen molar-refractivity contribution in [3.05, 3.63) is 101 Å². The maximum atomic E-state index is 13.8. The third kappa shape index (κ3) is 13.2. The lowest BCUT2D eigenvalue weighted by Crippen LogP contribution is -2.54. The molecule has 0 aliphatic heterocycles. The normalized spacial score (nSPS) is 14.3. The van der Waals surface area contributed by atoms with Crippen LogP contribution in [0.2, 0.25) is 0 Å². The number of hydrogen-bond acceptors (Lipinski definition) is 6. The van der Waals surface area contributed by atoms with Gasteiger partial charge in [0, 0.05) is 25.5 Å². The molecule has 0 radical (unpaired) electrons. The SMILES string of the molecule is Cc1ccc(CNC(=O)[C@H](CCCCNC(=O)OCc2ccccc2)NC(=O)[C@H](CC2CCCCC2)NC(=O)Cc2cccnc2)cc1. The molecule has 1 saturated carbocycles. The van der Waals surface area contributed by atoms with Crippen molar-refractivity contribution in [3.63, 3.8) is 0 Å². The number of unbranched alkanes of at least 4 members (excludes halogenated alkanes) is 1. The molecule has 1 aromatic heterocycles. The third-order valence-electron chi connectivity index (χ3n) is 8.65. The molecule has 256 valence electrons. The van der Waals surface area contributed by atoms with Gasteiger partial charge in [0.25, 0.3) is 0 Å². The third-order valence-corrected chi connectivity index (χ3v) is 8.65.